The second-order valence-electron chi connectivity index (χ2n) is 5.85. The summed E-state index contributed by atoms with van der Waals surface area (Å²) in [6.07, 6.45) is 1.61. The van der Waals surface area contributed by atoms with Crippen LogP contribution >= 0.6 is 12.2 Å². The number of aryl methyl sites for hydroxylation is 1. The molecule has 0 aliphatic carbocycles. The molecule has 5 nitrogen and oxygen atoms in total. The highest BCUT2D eigenvalue weighted by molar-refractivity contribution is 7.71. The Morgan fingerprint density at radius 2 is 1.90 bits per heavy atom. The number of hydrogen-bond donors (Lipinski definition) is 1. The van der Waals surface area contributed by atoms with Gasteiger partial charge in [-0.1, -0.05) is 45.0 Å². The largest absolute Gasteiger partial charge is 0.296 e. The zero-order valence-corrected chi connectivity index (χ0v) is 13.4. The van der Waals surface area contributed by atoms with Gasteiger partial charge < -0.3 is 0 Å². The van der Waals surface area contributed by atoms with Crippen molar-refractivity contribution in [3.8, 4) is 0 Å². The van der Waals surface area contributed by atoms with E-state index >= 15 is 0 Å². The van der Waals surface area contributed by atoms with Crippen molar-refractivity contribution in [2.75, 3.05) is 0 Å². The van der Waals surface area contributed by atoms with Crippen LogP contribution in [0.1, 0.15) is 37.6 Å². The van der Waals surface area contributed by atoms with Gasteiger partial charge in [0.2, 0.25) is 4.77 Å². The molecule has 0 radical (unpaired) electrons. The fourth-order valence-electron chi connectivity index (χ4n) is 1.77. The highest BCUT2D eigenvalue weighted by Gasteiger charge is 2.12. The maximum Gasteiger partial charge on any atom is 0.296 e. The van der Waals surface area contributed by atoms with Crippen molar-refractivity contribution in [3.05, 3.63) is 56.2 Å². The predicted octanol–water partition coefficient (Wildman–Crippen LogP) is 2.79. The molecule has 0 saturated carbocycles. The first kappa shape index (κ1) is 15.3. The maximum atomic E-state index is 11.9. The fraction of sp³-hybridized carbons (Fsp3) is 0.333. The Morgan fingerprint density at radius 1 is 1.29 bits per heavy atom. The van der Waals surface area contributed by atoms with Crippen LogP contribution in [0.15, 0.2) is 34.2 Å². The molecule has 0 unspecified atom stereocenters. The normalized spacial score (nSPS) is 12.0. The van der Waals surface area contributed by atoms with Crippen molar-refractivity contribution in [2.24, 2.45) is 5.10 Å². The molecule has 0 aliphatic heterocycles. The number of nitrogens with zero attached hydrogens (tertiary/aromatic N) is 3. The molecule has 1 aromatic carbocycles. The molecule has 0 atom stereocenters. The summed E-state index contributed by atoms with van der Waals surface area (Å²) in [6.45, 7) is 8.09. The number of rotatable bonds is 2. The monoisotopic (exact) mass is 302 g/mol. The van der Waals surface area contributed by atoms with Crippen LogP contribution in [0, 0.1) is 11.7 Å². The lowest BCUT2D eigenvalue weighted by Gasteiger charge is -2.18. The van der Waals surface area contributed by atoms with E-state index in [-0.39, 0.29) is 15.7 Å². The Morgan fingerprint density at radius 3 is 2.48 bits per heavy atom. The predicted molar refractivity (Wildman–Crippen MR) is 86.6 cm³/mol. The molecule has 2 rings (SSSR count). The van der Waals surface area contributed by atoms with Crippen molar-refractivity contribution in [1.29, 1.82) is 0 Å². The van der Waals surface area contributed by atoms with E-state index in [0.29, 0.717) is 5.69 Å². The van der Waals surface area contributed by atoms with E-state index in [0.717, 1.165) is 10.2 Å². The van der Waals surface area contributed by atoms with E-state index in [1.165, 1.54) is 5.56 Å². The average molecular weight is 302 g/mol. The zero-order chi connectivity index (χ0) is 15.6. The van der Waals surface area contributed by atoms with Crippen molar-refractivity contribution in [3.63, 3.8) is 0 Å². The van der Waals surface area contributed by atoms with Gasteiger partial charge >= 0.3 is 0 Å². The number of benzene rings is 1. The van der Waals surface area contributed by atoms with Gasteiger partial charge in [-0.25, -0.2) is 0 Å². The smallest absolute Gasteiger partial charge is 0.265 e. The van der Waals surface area contributed by atoms with Gasteiger partial charge in [0.1, 0.15) is 5.69 Å². The topological polar surface area (TPSA) is 63.0 Å². The molecule has 0 saturated heterocycles. The van der Waals surface area contributed by atoms with Crippen LogP contribution in [0.2, 0.25) is 0 Å². The summed E-state index contributed by atoms with van der Waals surface area (Å²) in [5, 5.41) is 10.5. The molecule has 110 valence electrons. The quantitative estimate of drug-likeness (QED) is 0.685. The van der Waals surface area contributed by atoms with E-state index < -0.39 is 0 Å². The first-order chi connectivity index (χ1) is 9.79. The number of aromatic nitrogens is 3. The molecular formula is C15H18N4OS. The van der Waals surface area contributed by atoms with Gasteiger partial charge in [-0.3, -0.25) is 9.89 Å². The SMILES string of the molecule is Cc1n[nH]c(=S)n(/N=C/c2ccc(C(C)(C)C)cc2)c1=O. The van der Waals surface area contributed by atoms with Gasteiger partial charge in [-0.05, 0) is 35.7 Å². The van der Waals surface area contributed by atoms with Gasteiger partial charge in [0.25, 0.3) is 5.56 Å². The van der Waals surface area contributed by atoms with Crippen LogP contribution in [0.25, 0.3) is 0 Å². The first-order valence-electron chi connectivity index (χ1n) is 6.62. The van der Waals surface area contributed by atoms with Crippen LogP contribution in [0.3, 0.4) is 0 Å². The van der Waals surface area contributed by atoms with Crippen molar-refractivity contribution >= 4 is 18.4 Å². The lowest BCUT2D eigenvalue weighted by molar-refractivity contribution is 0.590. The van der Waals surface area contributed by atoms with Crippen molar-refractivity contribution in [2.45, 2.75) is 33.1 Å². The Kier molecular flexibility index (Phi) is 4.18. The highest BCUT2D eigenvalue weighted by Crippen LogP contribution is 2.21. The van der Waals surface area contributed by atoms with Gasteiger partial charge in [-0.15, -0.1) is 0 Å². The fourth-order valence-corrected chi connectivity index (χ4v) is 1.95. The number of aromatic amines is 1. The van der Waals surface area contributed by atoms with Crippen LogP contribution in [-0.4, -0.2) is 21.1 Å². The summed E-state index contributed by atoms with van der Waals surface area (Å²) in [6, 6.07) is 8.05. The summed E-state index contributed by atoms with van der Waals surface area (Å²) in [5.74, 6) is 0. The molecule has 2 aromatic rings. The van der Waals surface area contributed by atoms with Gasteiger partial charge in [-0.2, -0.15) is 14.9 Å². The molecule has 0 spiro atoms. The standard InChI is InChI=1S/C15H18N4OS/c1-10-13(20)19(14(21)18-17-10)16-9-11-5-7-12(8-6-11)15(2,3)4/h5-9H,1-4H3,(H,18,21)/b16-9+. The zero-order valence-electron chi connectivity index (χ0n) is 12.5. The Bertz CT molecular complexity index is 779. The third kappa shape index (κ3) is 3.52. The van der Waals surface area contributed by atoms with E-state index in [4.69, 9.17) is 12.2 Å². The molecule has 0 aliphatic rings. The first-order valence-corrected chi connectivity index (χ1v) is 7.03. The number of hydrogen-bond acceptors (Lipinski definition) is 4. The molecule has 6 heteroatoms. The summed E-state index contributed by atoms with van der Waals surface area (Å²) >= 11 is 5.02. The minimum Gasteiger partial charge on any atom is -0.265 e. The van der Waals surface area contributed by atoms with Crippen LogP contribution < -0.4 is 5.56 Å². The molecule has 1 aromatic heterocycles. The highest BCUT2D eigenvalue weighted by atomic mass is 32.1. The molecule has 0 fully saturated rings. The molecule has 1 N–H and O–H groups in total. The summed E-state index contributed by atoms with van der Waals surface area (Å²) < 4.78 is 1.31. The van der Waals surface area contributed by atoms with E-state index in [1.807, 2.05) is 12.1 Å². The van der Waals surface area contributed by atoms with Gasteiger partial charge in [0, 0.05) is 0 Å². The lowest BCUT2D eigenvalue weighted by atomic mass is 9.87. The molecule has 0 bridgehead atoms. The summed E-state index contributed by atoms with van der Waals surface area (Å²) in [5.41, 5.74) is 2.26. The third-order valence-corrected chi connectivity index (χ3v) is 3.38. The lowest BCUT2D eigenvalue weighted by Crippen LogP contribution is -2.22. The van der Waals surface area contributed by atoms with Crippen LogP contribution in [-0.2, 0) is 5.41 Å². The second kappa shape index (κ2) is 5.73. The molecule has 21 heavy (non-hydrogen) atoms. The Labute approximate surface area is 128 Å². The average Bonchev–Trinajstić information content (AvgIpc) is 2.43. The van der Waals surface area contributed by atoms with Crippen molar-refractivity contribution < 1.29 is 0 Å². The van der Waals surface area contributed by atoms with Crippen molar-refractivity contribution in [1.82, 2.24) is 14.9 Å². The molecular weight excluding hydrogens is 284 g/mol. The van der Waals surface area contributed by atoms with E-state index in [1.54, 1.807) is 13.1 Å². The van der Waals surface area contributed by atoms with Gasteiger partial charge in [0.05, 0.1) is 6.21 Å². The molecule has 1 heterocycles. The number of H-pyrrole nitrogens is 1. The van der Waals surface area contributed by atoms with E-state index in [9.17, 15) is 4.79 Å². The van der Waals surface area contributed by atoms with Gasteiger partial charge in [0.15, 0.2) is 0 Å². The minimum atomic E-state index is -0.318. The Balaban J connectivity index is 2.33. The second-order valence-corrected chi connectivity index (χ2v) is 6.23. The summed E-state index contributed by atoms with van der Waals surface area (Å²) in [7, 11) is 0. The van der Waals surface area contributed by atoms with E-state index in [2.05, 4.69) is 48.2 Å². The minimum absolute atomic E-state index is 0.109. The number of nitrogens with one attached hydrogen (secondary N) is 1. The molecule has 0 amide bonds. The summed E-state index contributed by atoms with van der Waals surface area (Å²) in [4.78, 5) is 11.9. The van der Waals surface area contributed by atoms with Crippen LogP contribution in [0.5, 0.6) is 0 Å². The third-order valence-electron chi connectivity index (χ3n) is 3.11. The Hall–Kier alpha value is -2.08. The van der Waals surface area contributed by atoms with Crippen LogP contribution in [0.4, 0.5) is 0 Å². The maximum absolute atomic E-state index is 11.9.